The molecule has 1 atom stereocenters. The van der Waals surface area contributed by atoms with E-state index in [2.05, 4.69) is 0 Å². The Balaban J connectivity index is 2.28. The Bertz CT molecular complexity index is 570. The highest BCUT2D eigenvalue weighted by Crippen LogP contribution is 2.28. The SMILES string of the molecule is CCOc1cccc(C(O)c2cccc(C(F)F)c2)c1. The summed E-state index contributed by atoms with van der Waals surface area (Å²) in [4.78, 5) is 0. The number of rotatable bonds is 5. The molecular formula is C16H16F2O2. The first-order valence-electron chi connectivity index (χ1n) is 6.40. The number of ether oxygens (including phenoxy) is 1. The van der Waals surface area contributed by atoms with E-state index in [4.69, 9.17) is 4.74 Å². The molecule has 0 radical (unpaired) electrons. The second-order valence-electron chi connectivity index (χ2n) is 4.38. The van der Waals surface area contributed by atoms with E-state index >= 15 is 0 Å². The summed E-state index contributed by atoms with van der Waals surface area (Å²) in [6.07, 6.45) is -3.49. The quantitative estimate of drug-likeness (QED) is 0.892. The van der Waals surface area contributed by atoms with Gasteiger partial charge in [-0.2, -0.15) is 0 Å². The van der Waals surface area contributed by atoms with Crippen molar-refractivity contribution in [3.63, 3.8) is 0 Å². The lowest BCUT2D eigenvalue weighted by Crippen LogP contribution is -2.01. The minimum atomic E-state index is -2.54. The van der Waals surface area contributed by atoms with E-state index in [-0.39, 0.29) is 5.56 Å². The largest absolute Gasteiger partial charge is 0.494 e. The number of hydrogen-bond donors (Lipinski definition) is 1. The summed E-state index contributed by atoms with van der Waals surface area (Å²) in [5.74, 6) is 0.647. The first-order chi connectivity index (χ1) is 9.61. The minimum Gasteiger partial charge on any atom is -0.494 e. The standard InChI is InChI=1S/C16H16F2O2/c1-2-20-14-8-4-6-12(10-14)15(19)11-5-3-7-13(9-11)16(17)18/h3-10,15-16,19H,2H2,1H3. The third-order valence-electron chi connectivity index (χ3n) is 2.96. The molecular weight excluding hydrogens is 262 g/mol. The highest BCUT2D eigenvalue weighted by Gasteiger charge is 2.14. The number of alkyl halides is 2. The first kappa shape index (κ1) is 14.5. The van der Waals surface area contributed by atoms with Gasteiger partial charge in [-0.3, -0.25) is 0 Å². The fourth-order valence-electron chi connectivity index (χ4n) is 2.00. The molecule has 0 aromatic heterocycles. The Morgan fingerprint density at radius 1 is 1.00 bits per heavy atom. The topological polar surface area (TPSA) is 29.5 Å². The van der Waals surface area contributed by atoms with E-state index in [1.807, 2.05) is 6.92 Å². The normalized spacial score (nSPS) is 12.4. The summed E-state index contributed by atoms with van der Waals surface area (Å²) in [6.45, 7) is 2.40. The van der Waals surface area contributed by atoms with Gasteiger partial charge in [-0.25, -0.2) is 8.78 Å². The lowest BCUT2D eigenvalue weighted by Gasteiger charge is -2.14. The molecule has 20 heavy (non-hydrogen) atoms. The predicted octanol–water partition coefficient (Wildman–Crippen LogP) is 4.10. The molecule has 0 aliphatic heterocycles. The molecule has 4 heteroatoms. The zero-order valence-corrected chi connectivity index (χ0v) is 11.1. The smallest absolute Gasteiger partial charge is 0.263 e. The molecule has 0 saturated carbocycles. The van der Waals surface area contributed by atoms with Crippen LogP contribution in [0.5, 0.6) is 5.75 Å². The third-order valence-corrected chi connectivity index (χ3v) is 2.96. The average molecular weight is 278 g/mol. The molecule has 106 valence electrons. The van der Waals surface area contributed by atoms with E-state index < -0.39 is 12.5 Å². The second kappa shape index (κ2) is 6.48. The van der Waals surface area contributed by atoms with Crippen LogP contribution in [-0.2, 0) is 0 Å². The highest BCUT2D eigenvalue weighted by molar-refractivity contribution is 5.36. The van der Waals surface area contributed by atoms with Gasteiger partial charge in [0.15, 0.2) is 0 Å². The summed E-state index contributed by atoms with van der Waals surface area (Å²) < 4.78 is 30.7. The Morgan fingerprint density at radius 2 is 1.60 bits per heavy atom. The van der Waals surface area contributed by atoms with E-state index in [9.17, 15) is 13.9 Å². The summed E-state index contributed by atoms with van der Waals surface area (Å²) >= 11 is 0. The Kier molecular flexibility index (Phi) is 4.69. The Morgan fingerprint density at radius 3 is 2.25 bits per heavy atom. The summed E-state index contributed by atoms with van der Waals surface area (Å²) in [7, 11) is 0. The highest BCUT2D eigenvalue weighted by atomic mass is 19.3. The van der Waals surface area contributed by atoms with Crippen LogP contribution in [0.15, 0.2) is 48.5 Å². The molecule has 2 aromatic rings. The van der Waals surface area contributed by atoms with Gasteiger partial charge in [0.25, 0.3) is 6.43 Å². The lowest BCUT2D eigenvalue weighted by atomic mass is 9.99. The van der Waals surface area contributed by atoms with Crippen LogP contribution in [0.2, 0.25) is 0 Å². The van der Waals surface area contributed by atoms with Crippen molar-refractivity contribution in [1.82, 2.24) is 0 Å². The summed E-state index contributed by atoms with van der Waals surface area (Å²) in [6, 6.07) is 12.8. The van der Waals surface area contributed by atoms with Crippen molar-refractivity contribution >= 4 is 0 Å². The third kappa shape index (κ3) is 3.33. The molecule has 0 bridgehead atoms. The van der Waals surface area contributed by atoms with Crippen molar-refractivity contribution in [3.05, 3.63) is 65.2 Å². The molecule has 0 heterocycles. The molecule has 1 unspecified atom stereocenters. The predicted molar refractivity (Wildman–Crippen MR) is 73.1 cm³/mol. The molecule has 0 amide bonds. The Labute approximate surface area is 116 Å². The van der Waals surface area contributed by atoms with Gasteiger partial charge in [-0.05, 0) is 36.2 Å². The van der Waals surface area contributed by atoms with Crippen LogP contribution in [0.1, 0.15) is 36.1 Å². The van der Waals surface area contributed by atoms with Crippen LogP contribution >= 0.6 is 0 Å². The van der Waals surface area contributed by atoms with E-state index in [0.717, 1.165) is 0 Å². The number of halogens is 2. The zero-order chi connectivity index (χ0) is 14.5. The lowest BCUT2D eigenvalue weighted by molar-refractivity contribution is 0.150. The van der Waals surface area contributed by atoms with Crippen LogP contribution in [0.3, 0.4) is 0 Å². The Hall–Kier alpha value is -1.94. The molecule has 0 saturated heterocycles. The van der Waals surface area contributed by atoms with E-state index in [1.165, 1.54) is 18.2 Å². The van der Waals surface area contributed by atoms with Crippen molar-refractivity contribution in [3.8, 4) is 5.75 Å². The zero-order valence-electron chi connectivity index (χ0n) is 11.1. The van der Waals surface area contributed by atoms with Crippen LogP contribution < -0.4 is 4.74 Å². The molecule has 2 aromatic carbocycles. The van der Waals surface area contributed by atoms with E-state index in [0.29, 0.717) is 23.5 Å². The van der Waals surface area contributed by atoms with Gasteiger partial charge in [0.05, 0.1) is 6.61 Å². The van der Waals surface area contributed by atoms with Gasteiger partial charge in [0.1, 0.15) is 11.9 Å². The van der Waals surface area contributed by atoms with Crippen molar-refractivity contribution in [2.45, 2.75) is 19.5 Å². The number of hydrogen-bond acceptors (Lipinski definition) is 2. The van der Waals surface area contributed by atoms with Crippen LogP contribution in [-0.4, -0.2) is 11.7 Å². The molecule has 0 aliphatic rings. The molecule has 1 N–H and O–H groups in total. The first-order valence-corrected chi connectivity index (χ1v) is 6.40. The van der Waals surface area contributed by atoms with Gasteiger partial charge in [0.2, 0.25) is 0 Å². The van der Waals surface area contributed by atoms with Crippen LogP contribution in [0.25, 0.3) is 0 Å². The summed E-state index contributed by atoms with van der Waals surface area (Å²) in [5.41, 5.74) is 0.960. The second-order valence-corrected chi connectivity index (χ2v) is 4.38. The van der Waals surface area contributed by atoms with Crippen LogP contribution in [0, 0.1) is 0 Å². The fraction of sp³-hybridized carbons (Fsp3) is 0.250. The molecule has 0 aliphatic carbocycles. The monoisotopic (exact) mass is 278 g/mol. The van der Waals surface area contributed by atoms with E-state index in [1.54, 1.807) is 30.3 Å². The van der Waals surface area contributed by atoms with Crippen molar-refractivity contribution < 1.29 is 18.6 Å². The van der Waals surface area contributed by atoms with Crippen LogP contribution in [0.4, 0.5) is 8.78 Å². The number of aliphatic hydroxyl groups excluding tert-OH is 1. The summed E-state index contributed by atoms with van der Waals surface area (Å²) in [5, 5.41) is 10.3. The number of benzene rings is 2. The maximum atomic E-state index is 12.7. The molecule has 0 fully saturated rings. The van der Waals surface area contributed by atoms with Gasteiger partial charge in [-0.1, -0.05) is 30.3 Å². The number of aliphatic hydroxyl groups is 1. The average Bonchev–Trinajstić information content (AvgIpc) is 2.47. The maximum Gasteiger partial charge on any atom is 0.263 e. The fourth-order valence-corrected chi connectivity index (χ4v) is 2.00. The molecule has 0 spiro atoms. The van der Waals surface area contributed by atoms with Crippen molar-refractivity contribution in [1.29, 1.82) is 0 Å². The maximum absolute atomic E-state index is 12.7. The van der Waals surface area contributed by atoms with Crippen molar-refractivity contribution in [2.24, 2.45) is 0 Å². The molecule has 2 rings (SSSR count). The van der Waals surface area contributed by atoms with Gasteiger partial charge < -0.3 is 9.84 Å². The minimum absolute atomic E-state index is 0.0949. The molecule has 2 nitrogen and oxygen atoms in total. The van der Waals surface area contributed by atoms with Crippen molar-refractivity contribution in [2.75, 3.05) is 6.61 Å². The van der Waals surface area contributed by atoms with Gasteiger partial charge in [-0.15, -0.1) is 0 Å². The van der Waals surface area contributed by atoms with Gasteiger partial charge >= 0.3 is 0 Å². The van der Waals surface area contributed by atoms with Gasteiger partial charge in [0, 0.05) is 5.56 Å².